The monoisotopic (exact) mass is 405 g/mol. The molecule has 154 valence electrons. The van der Waals surface area contributed by atoms with Gasteiger partial charge < -0.3 is 25.2 Å². The lowest BCUT2D eigenvalue weighted by Gasteiger charge is -2.14. The quantitative estimate of drug-likeness (QED) is 0.542. The standard InChI is InChI=1S/C23H23N3O4/c1-14-6-7-20(28)18(10-14)19-11-16(12-22(26-19)25-9-8-24-15(2)27)17-4-3-5-21-23(17)30-13-29-21/h3-7,10-12,28H,8-9,13H2,1-2H3,(H,24,27)(H,25,26). The molecule has 0 saturated heterocycles. The fourth-order valence-electron chi connectivity index (χ4n) is 3.36. The summed E-state index contributed by atoms with van der Waals surface area (Å²) >= 11 is 0. The molecule has 0 saturated carbocycles. The van der Waals surface area contributed by atoms with Gasteiger partial charge in [0.1, 0.15) is 11.6 Å². The van der Waals surface area contributed by atoms with E-state index in [0.717, 1.165) is 16.7 Å². The van der Waals surface area contributed by atoms with E-state index in [1.807, 2.05) is 49.4 Å². The summed E-state index contributed by atoms with van der Waals surface area (Å²) in [5, 5.41) is 16.4. The topological polar surface area (TPSA) is 92.7 Å². The van der Waals surface area contributed by atoms with E-state index in [9.17, 15) is 9.90 Å². The molecule has 1 aromatic heterocycles. The number of para-hydroxylation sites is 1. The second-order valence-corrected chi connectivity index (χ2v) is 7.10. The van der Waals surface area contributed by atoms with Crippen molar-refractivity contribution in [3.05, 3.63) is 54.1 Å². The van der Waals surface area contributed by atoms with Crippen LogP contribution in [0.25, 0.3) is 22.4 Å². The highest BCUT2D eigenvalue weighted by Crippen LogP contribution is 2.42. The first-order valence-electron chi connectivity index (χ1n) is 9.70. The maximum Gasteiger partial charge on any atom is 0.231 e. The van der Waals surface area contributed by atoms with Crippen LogP contribution in [0.2, 0.25) is 0 Å². The normalized spacial score (nSPS) is 11.9. The summed E-state index contributed by atoms with van der Waals surface area (Å²) in [6, 6.07) is 15.0. The fourth-order valence-corrected chi connectivity index (χ4v) is 3.36. The van der Waals surface area contributed by atoms with Crippen molar-refractivity contribution >= 4 is 11.7 Å². The number of nitrogens with zero attached hydrogens (tertiary/aromatic N) is 1. The molecular formula is C23H23N3O4. The number of hydrogen-bond acceptors (Lipinski definition) is 6. The lowest BCUT2D eigenvalue weighted by atomic mass is 10.0. The zero-order valence-corrected chi connectivity index (χ0v) is 16.9. The van der Waals surface area contributed by atoms with Gasteiger partial charge >= 0.3 is 0 Å². The van der Waals surface area contributed by atoms with E-state index >= 15 is 0 Å². The minimum absolute atomic E-state index is 0.0825. The largest absolute Gasteiger partial charge is 0.507 e. The van der Waals surface area contributed by atoms with Crippen LogP contribution in [-0.4, -0.2) is 35.9 Å². The molecule has 2 aromatic carbocycles. The van der Waals surface area contributed by atoms with E-state index in [2.05, 4.69) is 15.6 Å². The Balaban J connectivity index is 1.76. The predicted molar refractivity (Wildman–Crippen MR) is 115 cm³/mol. The van der Waals surface area contributed by atoms with Gasteiger partial charge in [-0.3, -0.25) is 4.79 Å². The second kappa shape index (κ2) is 8.32. The zero-order valence-electron chi connectivity index (χ0n) is 16.9. The second-order valence-electron chi connectivity index (χ2n) is 7.10. The van der Waals surface area contributed by atoms with Gasteiger partial charge in [0.2, 0.25) is 12.7 Å². The first kappa shape index (κ1) is 19.6. The van der Waals surface area contributed by atoms with Crippen LogP contribution in [0.4, 0.5) is 5.82 Å². The minimum atomic E-state index is -0.0825. The highest BCUT2D eigenvalue weighted by Gasteiger charge is 2.20. The molecule has 1 aliphatic rings. The summed E-state index contributed by atoms with van der Waals surface area (Å²) in [5.74, 6) is 2.09. The molecule has 3 aromatic rings. The number of anilines is 1. The summed E-state index contributed by atoms with van der Waals surface area (Å²) < 4.78 is 11.2. The van der Waals surface area contributed by atoms with Gasteiger partial charge in [0.25, 0.3) is 0 Å². The third-order valence-corrected chi connectivity index (χ3v) is 4.77. The number of aromatic nitrogens is 1. The lowest BCUT2D eigenvalue weighted by Crippen LogP contribution is -2.26. The van der Waals surface area contributed by atoms with Crippen molar-refractivity contribution in [1.29, 1.82) is 0 Å². The van der Waals surface area contributed by atoms with Gasteiger partial charge in [-0.25, -0.2) is 4.98 Å². The Morgan fingerprint density at radius 2 is 1.97 bits per heavy atom. The molecule has 1 aliphatic heterocycles. The first-order valence-corrected chi connectivity index (χ1v) is 9.70. The van der Waals surface area contributed by atoms with Crippen LogP contribution in [0.15, 0.2) is 48.5 Å². The third-order valence-electron chi connectivity index (χ3n) is 4.77. The van der Waals surface area contributed by atoms with Crippen LogP contribution in [0, 0.1) is 6.92 Å². The first-order chi connectivity index (χ1) is 14.5. The molecule has 7 nitrogen and oxygen atoms in total. The van der Waals surface area contributed by atoms with Crippen molar-refractivity contribution in [1.82, 2.24) is 10.3 Å². The van der Waals surface area contributed by atoms with Crippen LogP contribution in [0.5, 0.6) is 17.2 Å². The van der Waals surface area contributed by atoms with Crippen molar-refractivity contribution in [3.63, 3.8) is 0 Å². The van der Waals surface area contributed by atoms with Gasteiger partial charge in [0.05, 0.1) is 5.69 Å². The molecular weight excluding hydrogens is 382 g/mol. The van der Waals surface area contributed by atoms with Crippen molar-refractivity contribution < 1.29 is 19.4 Å². The number of benzene rings is 2. The number of phenols is 1. The van der Waals surface area contributed by atoms with E-state index in [1.165, 1.54) is 6.92 Å². The Labute approximate surface area is 174 Å². The Morgan fingerprint density at radius 3 is 2.80 bits per heavy atom. The molecule has 30 heavy (non-hydrogen) atoms. The molecule has 3 N–H and O–H groups in total. The average Bonchev–Trinajstić information content (AvgIpc) is 3.21. The van der Waals surface area contributed by atoms with E-state index in [1.54, 1.807) is 6.07 Å². The van der Waals surface area contributed by atoms with Gasteiger partial charge in [0, 0.05) is 31.1 Å². The minimum Gasteiger partial charge on any atom is -0.507 e. The number of aryl methyl sites for hydroxylation is 1. The molecule has 0 bridgehead atoms. The summed E-state index contributed by atoms with van der Waals surface area (Å²) in [5.41, 5.74) is 4.06. The number of carbonyl (C=O) groups is 1. The molecule has 0 radical (unpaired) electrons. The van der Waals surface area contributed by atoms with E-state index in [0.29, 0.717) is 41.7 Å². The number of carbonyl (C=O) groups excluding carboxylic acids is 1. The number of amides is 1. The Morgan fingerprint density at radius 1 is 1.10 bits per heavy atom. The summed E-state index contributed by atoms with van der Waals surface area (Å²) in [4.78, 5) is 15.8. The van der Waals surface area contributed by atoms with E-state index in [-0.39, 0.29) is 18.4 Å². The number of phenolic OH excluding ortho intramolecular Hbond substituents is 1. The predicted octanol–water partition coefficient (Wildman–Crippen LogP) is 3.71. The van der Waals surface area contributed by atoms with Crippen LogP contribution >= 0.6 is 0 Å². The molecule has 2 heterocycles. The van der Waals surface area contributed by atoms with Crippen molar-refractivity contribution in [2.75, 3.05) is 25.2 Å². The van der Waals surface area contributed by atoms with E-state index in [4.69, 9.17) is 9.47 Å². The number of pyridine rings is 1. The summed E-state index contributed by atoms with van der Waals surface area (Å²) in [6.45, 7) is 4.63. The van der Waals surface area contributed by atoms with Gasteiger partial charge in [-0.2, -0.15) is 0 Å². The summed E-state index contributed by atoms with van der Waals surface area (Å²) in [6.07, 6.45) is 0. The number of hydrogen-bond donors (Lipinski definition) is 3. The highest BCUT2D eigenvalue weighted by molar-refractivity contribution is 5.81. The van der Waals surface area contributed by atoms with Crippen molar-refractivity contribution in [2.45, 2.75) is 13.8 Å². The van der Waals surface area contributed by atoms with Gasteiger partial charge in [-0.05, 0) is 42.8 Å². The van der Waals surface area contributed by atoms with Crippen LogP contribution in [-0.2, 0) is 4.79 Å². The van der Waals surface area contributed by atoms with Gasteiger partial charge in [-0.1, -0.05) is 23.8 Å². The number of nitrogens with one attached hydrogen (secondary N) is 2. The van der Waals surface area contributed by atoms with Gasteiger partial charge in [-0.15, -0.1) is 0 Å². The van der Waals surface area contributed by atoms with E-state index < -0.39 is 0 Å². The third kappa shape index (κ3) is 4.15. The van der Waals surface area contributed by atoms with Crippen LogP contribution < -0.4 is 20.1 Å². The smallest absolute Gasteiger partial charge is 0.231 e. The number of aromatic hydroxyl groups is 1. The highest BCUT2D eigenvalue weighted by atomic mass is 16.7. The molecule has 0 unspecified atom stereocenters. The van der Waals surface area contributed by atoms with Crippen molar-refractivity contribution in [3.8, 4) is 39.6 Å². The Bertz CT molecular complexity index is 1100. The molecule has 1 amide bonds. The maximum atomic E-state index is 11.1. The molecule has 0 atom stereocenters. The molecule has 0 fully saturated rings. The number of ether oxygens (including phenoxy) is 2. The van der Waals surface area contributed by atoms with Crippen LogP contribution in [0.3, 0.4) is 0 Å². The molecule has 4 rings (SSSR count). The Hall–Kier alpha value is -3.74. The maximum absolute atomic E-state index is 11.1. The zero-order chi connectivity index (χ0) is 21.1. The summed E-state index contributed by atoms with van der Waals surface area (Å²) in [7, 11) is 0. The van der Waals surface area contributed by atoms with Crippen molar-refractivity contribution in [2.24, 2.45) is 0 Å². The molecule has 7 heteroatoms. The Kier molecular flexibility index (Phi) is 5.43. The SMILES string of the molecule is CC(=O)NCCNc1cc(-c2cccc3c2OCO3)cc(-c2cc(C)ccc2O)n1. The lowest BCUT2D eigenvalue weighted by molar-refractivity contribution is -0.118. The molecule has 0 spiro atoms. The van der Waals surface area contributed by atoms with Crippen LogP contribution in [0.1, 0.15) is 12.5 Å². The number of rotatable bonds is 6. The van der Waals surface area contributed by atoms with Gasteiger partial charge in [0.15, 0.2) is 11.5 Å². The number of fused-ring (bicyclic) bond motifs is 1. The molecule has 0 aliphatic carbocycles. The fraction of sp³-hybridized carbons (Fsp3) is 0.217. The average molecular weight is 405 g/mol.